The molecular formula is C14H19N3S. The third-order valence-corrected chi connectivity index (χ3v) is 3.50. The van der Waals surface area contributed by atoms with Crippen LogP contribution in [0.15, 0.2) is 46.7 Å². The van der Waals surface area contributed by atoms with E-state index in [0.29, 0.717) is 0 Å². The van der Waals surface area contributed by atoms with E-state index in [0.717, 1.165) is 11.7 Å². The van der Waals surface area contributed by atoms with Crippen molar-refractivity contribution in [3.05, 3.63) is 42.2 Å². The topological polar surface area (TPSA) is 40.7 Å². The van der Waals surface area contributed by atoms with Gasteiger partial charge in [-0.05, 0) is 32.4 Å². The van der Waals surface area contributed by atoms with Crippen LogP contribution in [0, 0.1) is 0 Å². The van der Waals surface area contributed by atoms with Gasteiger partial charge < -0.3 is 10.3 Å². The van der Waals surface area contributed by atoms with E-state index in [9.17, 15) is 0 Å². The SMILES string of the molecule is CC(C)(C)NCc1ccccc1Sc1ncc[nH]1. The minimum atomic E-state index is 0.127. The summed E-state index contributed by atoms with van der Waals surface area (Å²) >= 11 is 1.66. The molecule has 0 fully saturated rings. The molecule has 1 heterocycles. The maximum Gasteiger partial charge on any atom is 0.170 e. The van der Waals surface area contributed by atoms with Gasteiger partial charge in [-0.25, -0.2) is 4.98 Å². The van der Waals surface area contributed by atoms with Gasteiger partial charge in [0.2, 0.25) is 0 Å². The number of imidazole rings is 1. The molecule has 2 rings (SSSR count). The molecule has 0 aliphatic carbocycles. The van der Waals surface area contributed by atoms with Crippen molar-refractivity contribution in [2.45, 2.75) is 42.9 Å². The second-order valence-corrected chi connectivity index (χ2v) is 6.24. The van der Waals surface area contributed by atoms with Gasteiger partial charge in [-0.1, -0.05) is 30.0 Å². The van der Waals surface area contributed by atoms with Crippen LogP contribution in [0.5, 0.6) is 0 Å². The third-order valence-electron chi connectivity index (χ3n) is 2.46. The Bertz CT molecular complexity index is 486. The molecule has 4 heteroatoms. The normalized spacial score (nSPS) is 11.7. The number of hydrogen-bond acceptors (Lipinski definition) is 3. The first kappa shape index (κ1) is 13.2. The van der Waals surface area contributed by atoms with Gasteiger partial charge in [-0.2, -0.15) is 0 Å². The van der Waals surface area contributed by atoms with Gasteiger partial charge >= 0.3 is 0 Å². The van der Waals surface area contributed by atoms with E-state index in [1.807, 2.05) is 6.20 Å². The molecule has 0 aliphatic rings. The molecule has 0 radical (unpaired) electrons. The van der Waals surface area contributed by atoms with Gasteiger partial charge in [0.1, 0.15) is 0 Å². The molecule has 0 spiro atoms. The lowest BCUT2D eigenvalue weighted by atomic mass is 10.1. The van der Waals surface area contributed by atoms with E-state index in [1.54, 1.807) is 18.0 Å². The van der Waals surface area contributed by atoms with Crippen LogP contribution in [-0.2, 0) is 6.54 Å². The maximum absolute atomic E-state index is 4.25. The molecule has 1 aromatic carbocycles. The lowest BCUT2D eigenvalue weighted by Gasteiger charge is -2.21. The Labute approximate surface area is 112 Å². The molecule has 0 saturated carbocycles. The summed E-state index contributed by atoms with van der Waals surface area (Å²) in [7, 11) is 0. The van der Waals surface area contributed by atoms with Crippen molar-refractivity contribution in [1.29, 1.82) is 0 Å². The Balaban J connectivity index is 2.10. The Hall–Kier alpha value is -1.26. The number of rotatable bonds is 4. The molecule has 18 heavy (non-hydrogen) atoms. The zero-order valence-electron chi connectivity index (χ0n) is 11.0. The number of benzene rings is 1. The number of aromatic amines is 1. The van der Waals surface area contributed by atoms with Crippen LogP contribution in [0.25, 0.3) is 0 Å². The van der Waals surface area contributed by atoms with Crippen LogP contribution in [0.1, 0.15) is 26.3 Å². The molecule has 0 aliphatic heterocycles. The summed E-state index contributed by atoms with van der Waals surface area (Å²) in [5.74, 6) is 0. The van der Waals surface area contributed by atoms with E-state index in [4.69, 9.17) is 0 Å². The summed E-state index contributed by atoms with van der Waals surface area (Å²) in [6.45, 7) is 7.40. The van der Waals surface area contributed by atoms with Gasteiger partial charge in [0.25, 0.3) is 0 Å². The van der Waals surface area contributed by atoms with E-state index in [1.165, 1.54) is 10.5 Å². The summed E-state index contributed by atoms with van der Waals surface area (Å²) < 4.78 is 0. The lowest BCUT2D eigenvalue weighted by Crippen LogP contribution is -2.35. The van der Waals surface area contributed by atoms with Gasteiger partial charge in [-0.3, -0.25) is 0 Å². The predicted molar refractivity (Wildman–Crippen MR) is 75.7 cm³/mol. The van der Waals surface area contributed by atoms with Crippen molar-refractivity contribution in [3.8, 4) is 0 Å². The minimum absolute atomic E-state index is 0.127. The van der Waals surface area contributed by atoms with Crippen molar-refractivity contribution in [2.75, 3.05) is 0 Å². The summed E-state index contributed by atoms with van der Waals surface area (Å²) in [6, 6.07) is 8.43. The van der Waals surface area contributed by atoms with Crippen LogP contribution >= 0.6 is 11.8 Å². The van der Waals surface area contributed by atoms with Crippen molar-refractivity contribution in [3.63, 3.8) is 0 Å². The monoisotopic (exact) mass is 261 g/mol. The van der Waals surface area contributed by atoms with Gasteiger partial charge in [0.15, 0.2) is 5.16 Å². The number of H-pyrrole nitrogens is 1. The fraction of sp³-hybridized carbons (Fsp3) is 0.357. The molecule has 0 atom stereocenters. The highest BCUT2D eigenvalue weighted by Gasteiger charge is 2.11. The average molecular weight is 261 g/mol. The van der Waals surface area contributed by atoms with Crippen LogP contribution in [0.4, 0.5) is 0 Å². The molecule has 3 nitrogen and oxygen atoms in total. The number of nitrogens with one attached hydrogen (secondary N) is 2. The number of aromatic nitrogens is 2. The standard InChI is InChI=1S/C14H19N3S/c1-14(2,3)17-10-11-6-4-5-7-12(11)18-13-15-8-9-16-13/h4-9,17H,10H2,1-3H3,(H,15,16). The highest BCUT2D eigenvalue weighted by Crippen LogP contribution is 2.27. The number of hydrogen-bond donors (Lipinski definition) is 2. The Morgan fingerprint density at radius 3 is 2.72 bits per heavy atom. The van der Waals surface area contributed by atoms with E-state index in [-0.39, 0.29) is 5.54 Å². The third kappa shape index (κ3) is 3.89. The highest BCUT2D eigenvalue weighted by atomic mass is 32.2. The zero-order chi connectivity index (χ0) is 13.0. The summed E-state index contributed by atoms with van der Waals surface area (Å²) in [5.41, 5.74) is 1.43. The molecule has 2 aromatic rings. The minimum Gasteiger partial charge on any atom is -0.339 e. The second-order valence-electron chi connectivity index (χ2n) is 5.21. The van der Waals surface area contributed by atoms with Crippen molar-refractivity contribution >= 4 is 11.8 Å². The van der Waals surface area contributed by atoms with Crippen LogP contribution in [0.3, 0.4) is 0 Å². The zero-order valence-corrected chi connectivity index (χ0v) is 11.8. The average Bonchev–Trinajstić information content (AvgIpc) is 2.80. The Morgan fingerprint density at radius 2 is 2.06 bits per heavy atom. The van der Waals surface area contributed by atoms with E-state index in [2.05, 4.69) is 60.3 Å². The molecule has 0 saturated heterocycles. The highest BCUT2D eigenvalue weighted by molar-refractivity contribution is 7.99. The van der Waals surface area contributed by atoms with Crippen molar-refractivity contribution in [1.82, 2.24) is 15.3 Å². The molecular weight excluding hydrogens is 242 g/mol. The van der Waals surface area contributed by atoms with Crippen molar-refractivity contribution in [2.24, 2.45) is 0 Å². The first-order valence-corrected chi connectivity index (χ1v) is 6.86. The smallest absolute Gasteiger partial charge is 0.170 e. The summed E-state index contributed by atoms with van der Waals surface area (Å²) in [4.78, 5) is 8.61. The van der Waals surface area contributed by atoms with E-state index < -0.39 is 0 Å². The quantitative estimate of drug-likeness (QED) is 0.885. The first-order chi connectivity index (χ1) is 8.54. The first-order valence-electron chi connectivity index (χ1n) is 6.05. The fourth-order valence-corrected chi connectivity index (χ4v) is 2.39. The molecule has 96 valence electrons. The van der Waals surface area contributed by atoms with E-state index >= 15 is 0 Å². The summed E-state index contributed by atoms with van der Waals surface area (Å²) in [6.07, 6.45) is 3.62. The van der Waals surface area contributed by atoms with Crippen LogP contribution in [0.2, 0.25) is 0 Å². The molecule has 1 aromatic heterocycles. The molecule has 0 amide bonds. The van der Waals surface area contributed by atoms with Crippen LogP contribution in [-0.4, -0.2) is 15.5 Å². The molecule has 0 bridgehead atoms. The second kappa shape index (κ2) is 5.59. The summed E-state index contributed by atoms with van der Waals surface area (Å²) in [5, 5.41) is 4.44. The fourth-order valence-electron chi connectivity index (χ4n) is 1.52. The number of nitrogens with zero attached hydrogens (tertiary/aromatic N) is 1. The van der Waals surface area contributed by atoms with Gasteiger partial charge in [0.05, 0.1) is 0 Å². The van der Waals surface area contributed by atoms with Crippen LogP contribution < -0.4 is 5.32 Å². The largest absolute Gasteiger partial charge is 0.339 e. The maximum atomic E-state index is 4.25. The molecule has 2 N–H and O–H groups in total. The van der Waals surface area contributed by atoms with Gasteiger partial charge in [0, 0.05) is 29.4 Å². The molecule has 0 unspecified atom stereocenters. The van der Waals surface area contributed by atoms with Crippen molar-refractivity contribution < 1.29 is 0 Å². The Morgan fingerprint density at radius 1 is 1.28 bits per heavy atom. The Kier molecular flexibility index (Phi) is 4.09. The predicted octanol–water partition coefficient (Wildman–Crippen LogP) is 3.45. The van der Waals surface area contributed by atoms with Gasteiger partial charge in [-0.15, -0.1) is 0 Å². The lowest BCUT2D eigenvalue weighted by molar-refractivity contribution is 0.422.